The van der Waals surface area contributed by atoms with Gasteiger partial charge in [-0.25, -0.2) is 8.78 Å². The molecule has 1 aliphatic rings. The van der Waals surface area contributed by atoms with Crippen molar-refractivity contribution in [2.75, 3.05) is 26.8 Å². The van der Waals surface area contributed by atoms with Crippen LogP contribution in [-0.2, 0) is 16.1 Å². The average molecular weight is 403 g/mol. The standard InChI is InChI=1S/C22H27F2N3O2/c1-29-13-10-20(28)26-22(19-9-2-3-11-25-19)17-7-5-12-27(15-17)14-16-6-4-8-18(23)21(16)24/h2-4,6,8-9,11,17,22H,5,7,10,12-15H2,1H3,(H,26,28)/t17-,22-/m1/s1. The van der Waals surface area contributed by atoms with E-state index in [9.17, 15) is 13.6 Å². The topological polar surface area (TPSA) is 54.5 Å². The molecule has 0 radical (unpaired) electrons. The summed E-state index contributed by atoms with van der Waals surface area (Å²) in [5.74, 6) is -1.57. The number of amides is 1. The number of likely N-dealkylation sites (tertiary alicyclic amines) is 1. The van der Waals surface area contributed by atoms with Gasteiger partial charge in [0.15, 0.2) is 11.6 Å². The summed E-state index contributed by atoms with van der Waals surface area (Å²) < 4.78 is 32.6. The first-order valence-corrected chi connectivity index (χ1v) is 9.93. The molecule has 2 atom stereocenters. The molecule has 0 spiro atoms. The number of halogens is 2. The number of methoxy groups -OCH3 is 1. The van der Waals surface area contributed by atoms with Gasteiger partial charge >= 0.3 is 0 Å². The van der Waals surface area contributed by atoms with Crippen molar-refractivity contribution in [2.45, 2.75) is 31.8 Å². The van der Waals surface area contributed by atoms with Gasteiger partial charge in [-0.1, -0.05) is 18.2 Å². The Hall–Kier alpha value is -2.38. The number of hydrogen-bond acceptors (Lipinski definition) is 4. The third-order valence-corrected chi connectivity index (χ3v) is 5.30. The molecule has 0 unspecified atom stereocenters. The van der Waals surface area contributed by atoms with Crippen LogP contribution in [0.15, 0.2) is 42.6 Å². The molecule has 3 rings (SSSR count). The number of aromatic nitrogens is 1. The van der Waals surface area contributed by atoms with Gasteiger partial charge < -0.3 is 10.1 Å². The quantitative estimate of drug-likeness (QED) is 0.733. The highest BCUT2D eigenvalue weighted by Crippen LogP contribution is 2.30. The maximum absolute atomic E-state index is 14.1. The highest BCUT2D eigenvalue weighted by atomic mass is 19.2. The summed E-state index contributed by atoms with van der Waals surface area (Å²) in [7, 11) is 1.56. The Labute approximate surface area is 170 Å². The monoisotopic (exact) mass is 403 g/mol. The zero-order chi connectivity index (χ0) is 20.6. The Kier molecular flexibility index (Phi) is 7.66. The van der Waals surface area contributed by atoms with Crippen LogP contribution in [0.1, 0.15) is 36.6 Å². The van der Waals surface area contributed by atoms with E-state index in [0.717, 1.165) is 31.1 Å². The van der Waals surface area contributed by atoms with Crippen LogP contribution in [0.25, 0.3) is 0 Å². The predicted molar refractivity (Wildman–Crippen MR) is 106 cm³/mol. The summed E-state index contributed by atoms with van der Waals surface area (Å²) in [5.41, 5.74) is 1.16. The number of piperidine rings is 1. The van der Waals surface area contributed by atoms with E-state index in [1.165, 1.54) is 6.07 Å². The largest absolute Gasteiger partial charge is 0.384 e. The molecule has 1 fully saturated rings. The second-order valence-electron chi connectivity index (χ2n) is 7.39. The van der Waals surface area contributed by atoms with Gasteiger partial charge in [-0.3, -0.25) is 14.7 Å². The minimum atomic E-state index is -0.826. The summed E-state index contributed by atoms with van der Waals surface area (Å²) in [6.07, 6.45) is 3.84. The fourth-order valence-corrected chi connectivity index (χ4v) is 3.85. The normalized spacial score (nSPS) is 18.4. The van der Waals surface area contributed by atoms with Crippen LogP contribution in [0.5, 0.6) is 0 Å². The maximum Gasteiger partial charge on any atom is 0.222 e. The van der Waals surface area contributed by atoms with Crippen molar-refractivity contribution in [1.82, 2.24) is 15.2 Å². The smallest absolute Gasteiger partial charge is 0.222 e. The Morgan fingerprint density at radius 3 is 2.93 bits per heavy atom. The third kappa shape index (κ3) is 5.81. The van der Waals surface area contributed by atoms with E-state index in [1.807, 2.05) is 18.2 Å². The summed E-state index contributed by atoms with van der Waals surface area (Å²) >= 11 is 0. The van der Waals surface area contributed by atoms with Crippen molar-refractivity contribution in [1.29, 1.82) is 0 Å². The summed E-state index contributed by atoms with van der Waals surface area (Å²) in [5, 5.41) is 3.10. The van der Waals surface area contributed by atoms with Crippen LogP contribution in [0, 0.1) is 17.6 Å². The average Bonchev–Trinajstić information content (AvgIpc) is 2.74. The fraction of sp³-hybridized carbons (Fsp3) is 0.455. The lowest BCUT2D eigenvalue weighted by Crippen LogP contribution is -2.43. The molecule has 1 saturated heterocycles. The van der Waals surface area contributed by atoms with E-state index >= 15 is 0 Å². The Morgan fingerprint density at radius 1 is 1.31 bits per heavy atom. The van der Waals surface area contributed by atoms with Crippen LogP contribution in [-0.4, -0.2) is 42.6 Å². The molecule has 1 aliphatic heterocycles. The molecule has 1 N–H and O–H groups in total. The second-order valence-corrected chi connectivity index (χ2v) is 7.39. The van der Waals surface area contributed by atoms with E-state index in [1.54, 1.807) is 19.4 Å². The van der Waals surface area contributed by atoms with Gasteiger partial charge in [0, 0.05) is 38.4 Å². The first kappa shape index (κ1) is 21.3. The van der Waals surface area contributed by atoms with Gasteiger partial charge in [0.2, 0.25) is 5.91 Å². The zero-order valence-corrected chi connectivity index (χ0v) is 16.6. The Balaban J connectivity index is 1.73. The number of nitrogens with one attached hydrogen (secondary N) is 1. The number of pyridine rings is 1. The number of nitrogens with zero attached hydrogens (tertiary/aromatic N) is 2. The van der Waals surface area contributed by atoms with Gasteiger partial charge in [-0.2, -0.15) is 0 Å². The lowest BCUT2D eigenvalue weighted by molar-refractivity contribution is -0.123. The predicted octanol–water partition coefficient (Wildman–Crippen LogP) is 3.47. The molecule has 5 nitrogen and oxygen atoms in total. The lowest BCUT2D eigenvalue weighted by atomic mass is 9.88. The number of benzene rings is 1. The Bertz CT molecular complexity index is 804. The van der Waals surface area contributed by atoms with E-state index < -0.39 is 11.6 Å². The number of ether oxygens (including phenoxy) is 1. The highest BCUT2D eigenvalue weighted by molar-refractivity contribution is 5.76. The van der Waals surface area contributed by atoms with Crippen LogP contribution >= 0.6 is 0 Å². The van der Waals surface area contributed by atoms with Crippen molar-refractivity contribution in [3.63, 3.8) is 0 Å². The van der Waals surface area contributed by atoms with Crippen molar-refractivity contribution in [3.8, 4) is 0 Å². The first-order chi connectivity index (χ1) is 14.1. The van der Waals surface area contributed by atoms with Crippen molar-refractivity contribution >= 4 is 5.91 Å². The number of carbonyl (C=O) groups is 1. The summed E-state index contributed by atoms with van der Waals surface area (Å²) in [4.78, 5) is 18.9. The van der Waals surface area contributed by atoms with Crippen molar-refractivity contribution in [3.05, 3.63) is 65.5 Å². The second kappa shape index (κ2) is 10.4. The summed E-state index contributed by atoms with van der Waals surface area (Å²) in [6.45, 7) is 2.17. The van der Waals surface area contributed by atoms with Crippen LogP contribution in [0.2, 0.25) is 0 Å². The van der Waals surface area contributed by atoms with Gasteiger partial charge in [0.1, 0.15) is 0 Å². The maximum atomic E-state index is 14.1. The molecule has 0 aliphatic carbocycles. The van der Waals surface area contributed by atoms with E-state index in [-0.39, 0.29) is 24.3 Å². The van der Waals surface area contributed by atoms with Crippen LogP contribution in [0.3, 0.4) is 0 Å². The summed E-state index contributed by atoms with van der Waals surface area (Å²) in [6, 6.07) is 9.69. The van der Waals surface area contributed by atoms with E-state index in [2.05, 4.69) is 15.2 Å². The van der Waals surface area contributed by atoms with Gasteiger partial charge in [0.25, 0.3) is 0 Å². The molecule has 1 amide bonds. The van der Waals surface area contributed by atoms with Crippen molar-refractivity contribution < 1.29 is 18.3 Å². The van der Waals surface area contributed by atoms with Crippen LogP contribution < -0.4 is 5.32 Å². The molecule has 7 heteroatoms. The third-order valence-electron chi connectivity index (χ3n) is 5.30. The van der Waals surface area contributed by atoms with Crippen molar-refractivity contribution in [2.24, 2.45) is 5.92 Å². The van der Waals surface area contributed by atoms with Gasteiger partial charge in [-0.15, -0.1) is 0 Å². The molecule has 0 bridgehead atoms. The minimum absolute atomic E-state index is 0.0872. The van der Waals surface area contributed by atoms with Crippen LogP contribution in [0.4, 0.5) is 8.78 Å². The minimum Gasteiger partial charge on any atom is -0.384 e. The number of rotatable bonds is 8. The molecule has 2 aromatic rings. The molecule has 29 heavy (non-hydrogen) atoms. The first-order valence-electron chi connectivity index (χ1n) is 9.93. The molecule has 2 heterocycles. The number of carbonyl (C=O) groups excluding carboxylic acids is 1. The Morgan fingerprint density at radius 2 is 2.17 bits per heavy atom. The molecular weight excluding hydrogens is 376 g/mol. The fourth-order valence-electron chi connectivity index (χ4n) is 3.85. The molecule has 1 aromatic carbocycles. The SMILES string of the molecule is COCCC(=O)N[C@@H](c1ccccn1)[C@@H]1CCCN(Cc2cccc(F)c2F)C1. The number of hydrogen-bond donors (Lipinski definition) is 1. The van der Waals surface area contributed by atoms with E-state index in [4.69, 9.17) is 4.74 Å². The molecular formula is C22H27F2N3O2. The van der Waals surface area contributed by atoms with E-state index in [0.29, 0.717) is 25.3 Å². The molecule has 0 saturated carbocycles. The highest BCUT2D eigenvalue weighted by Gasteiger charge is 2.30. The van der Waals surface area contributed by atoms with Gasteiger partial charge in [0.05, 0.1) is 18.3 Å². The lowest BCUT2D eigenvalue weighted by Gasteiger charge is -2.37. The molecule has 156 valence electrons. The zero-order valence-electron chi connectivity index (χ0n) is 16.6. The van der Waals surface area contributed by atoms with Gasteiger partial charge in [-0.05, 0) is 43.5 Å². The molecule has 1 aromatic heterocycles.